The van der Waals surface area contributed by atoms with Crippen molar-refractivity contribution in [1.29, 1.82) is 0 Å². The third-order valence-electron chi connectivity index (χ3n) is 8.36. The van der Waals surface area contributed by atoms with Crippen molar-refractivity contribution in [3.8, 4) is 0 Å². The number of rotatable bonds is 7. The molecule has 206 valence electrons. The Kier molecular flexibility index (Phi) is 6.55. The predicted molar refractivity (Wildman–Crippen MR) is 147 cm³/mol. The Morgan fingerprint density at radius 2 is 2.00 bits per heavy atom. The second-order valence-corrected chi connectivity index (χ2v) is 11.8. The van der Waals surface area contributed by atoms with Gasteiger partial charge in [0.25, 0.3) is 11.8 Å². The number of aromatic nitrogens is 3. The maximum atomic E-state index is 13.5. The number of hydrogen-bond acceptors (Lipinski definition) is 7. The van der Waals surface area contributed by atoms with Crippen LogP contribution < -0.4 is 10.2 Å². The van der Waals surface area contributed by atoms with Crippen LogP contribution in [0.15, 0.2) is 36.8 Å². The molecule has 2 amide bonds. The molecule has 0 saturated carbocycles. The van der Waals surface area contributed by atoms with E-state index in [4.69, 9.17) is 4.74 Å². The highest BCUT2D eigenvalue weighted by molar-refractivity contribution is 6.10. The number of anilines is 2. The molecule has 0 bridgehead atoms. The molecule has 10 nitrogen and oxygen atoms in total. The molecular weight excluding hydrogens is 496 g/mol. The summed E-state index contributed by atoms with van der Waals surface area (Å²) in [4.78, 5) is 35.4. The Balaban J connectivity index is 1.30. The van der Waals surface area contributed by atoms with Crippen molar-refractivity contribution in [2.45, 2.75) is 58.2 Å². The predicted octanol–water partition coefficient (Wildman–Crippen LogP) is 3.35. The van der Waals surface area contributed by atoms with Crippen molar-refractivity contribution >= 4 is 28.8 Å². The second kappa shape index (κ2) is 9.91. The first-order valence-corrected chi connectivity index (χ1v) is 13.8. The molecule has 0 spiro atoms. The number of nitrogens with zero attached hydrogens (tertiary/aromatic N) is 5. The van der Waals surface area contributed by atoms with Crippen LogP contribution in [0.25, 0.3) is 5.65 Å². The number of piperidine rings is 1. The molecule has 3 aromatic rings. The van der Waals surface area contributed by atoms with E-state index in [1.54, 1.807) is 36.8 Å². The van der Waals surface area contributed by atoms with Gasteiger partial charge in [0.05, 0.1) is 36.4 Å². The molecule has 2 aromatic heterocycles. The lowest BCUT2D eigenvalue weighted by Gasteiger charge is -2.41. The number of nitrogens with one attached hydrogen (secondary N) is 1. The molecule has 0 aliphatic carbocycles. The molecule has 3 aliphatic heterocycles. The van der Waals surface area contributed by atoms with Crippen LogP contribution in [0.5, 0.6) is 0 Å². The Morgan fingerprint density at radius 3 is 2.69 bits per heavy atom. The van der Waals surface area contributed by atoms with Gasteiger partial charge in [0.2, 0.25) is 0 Å². The van der Waals surface area contributed by atoms with Crippen LogP contribution in [0.2, 0.25) is 0 Å². The van der Waals surface area contributed by atoms with Crippen molar-refractivity contribution in [3.05, 3.63) is 53.5 Å². The maximum absolute atomic E-state index is 13.5. The molecule has 2 saturated heterocycles. The van der Waals surface area contributed by atoms with E-state index in [2.05, 4.69) is 20.3 Å². The minimum Gasteiger partial charge on any atom is -0.390 e. The standard InChI is InChI=1S/C29H36N6O4/c1-18(13-29(2,3)38)34-15-20-11-24(32-27(36)23-14-31-35-8-4-7-30-26(23)35)25(12-22(20)28(34)37)33-9-5-19(6-10-33)21-16-39-17-21/h4,7-8,11-12,14,18-19,21,38H,5-6,9-10,13,15-17H2,1-3H3,(H,32,36)/t18-/m1/s1. The summed E-state index contributed by atoms with van der Waals surface area (Å²) in [6.45, 7) is 9.35. The van der Waals surface area contributed by atoms with Gasteiger partial charge in [-0.15, -0.1) is 0 Å². The maximum Gasteiger partial charge on any atom is 0.261 e. The van der Waals surface area contributed by atoms with E-state index < -0.39 is 5.60 Å². The van der Waals surface area contributed by atoms with Crippen molar-refractivity contribution in [2.24, 2.45) is 11.8 Å². The summed E-state index contributed by atoms with van der Waals surface area (Å²) in [5.74, 6) is 0.964. The van der Waals surface area contributed by atoms with Gasteiger partial charge in [0, 0.05) is 49.6 Å². The third kappa shape index (κ3) is 4.98. The number of ether oxygens (including phenoxy) is 1. The Bertz CT molecular complexity index is 1400. The van der Waals surface area contributed by atoms with Crippen LogP contribution in [0, 0.1) is 11.8 Å². The lowest BCUT2D eigenvalue weighted by atomic mass is 9.83. The molecule has 3 aliphatic rings. The van der Waals surface area contributed by atoms with Crippen LogP contribution in [0.4, 0.5) is 11.4 Å². The summed E-state index contributed by atoms with van der Waals surface area (Å²) in [5.41, 5.74) is 3.09. The van der Waals surface area contributed by atoms with Crippen molar-refractivity contribution in [2.75, 3.05) is 36.5 Å². The molecule has 0 radical (unpaired) electrons. The molecule has 10 heteroatoms. The van der Waals surface area contributed by atoms with Crippen molar-refractivity contribution < 1.29 is 19.4 Å². The molecule has 1 aromatic carbocycles. The van der Waals surface area contributed by atoms with Gasteiger partial charge >= 0.3 is 0 Å². The van der Waals surface area contributed by atoms with Crippen LogP contribution in [0.1, 0.15) is 66.3 Å². The topological polar surface area (TPSA) is 112 Å². The van der Waals surface area contributed by atoms with E-state index in [0.29, 0.717) is 47.3 Å². The van der Waals surface area contributed by atoms with E-state index >= 15 is 0 Å². The number of amides is 2. The third-order valence-corrected chi connectivity index (χ3v) is 8.36. The number of fused-ring (bicyclic) bond motifs is 2. The monoisotopic (exact) mass is 532 g/mol. The fraction of sp³-hybridized carbons (Fsp3) is 0.517. The number of carbonyl (C=O) groups excluding carboxylic acids is 2. The van der Waals surface area contributed by atoms with Crippen molar-refractivity contribution in [3.63, 3.8) is 0 Å². The summed E-state index contributed by atoms with van der Waals surface area (Å²) >= 11 is 0. The zero-order valence-corrected chi connectivity index (χ0v) is 22.8. The van der Waals surface area contributed by atoms with E-state index in [0.717, 1.165) is 50.4 Å². The Hall–Kier alpha value is -3.50. The smallest absolute Gasteiger partial charge is 0.261 e. The first-order chi connectivity index (χ1) is 18.7. The fourth-order valence-corrected chi connectivity index (χ4v) is 6.24. The van der Waals surface area contributed by atoms with Crippen LogP contribution in [-0.2, 0) is 11.3 Å². The minimum atomic E-state index is -0.878. The molecular formula is C29H36N6O4. The van der Waals surface area contributed by atoms with Crippen molar-refractivity contribution in [1.82, 2.24) is 19.5 Å². The molecule has 39 heavy (non-hydrogen) atoms. The first kappa shape index (κ1) is 25.8. The minimum absolute atomic E-state index is 0.0331. The highest BCUT2D eigenvalue weighted by atomic mass is 16.5. The van der Waals surface area contributed by atoms with Crippen LogP contribution in [0.3, 0.4) is 0 Å². The molecule has 2 fully saturated rings. The van der Waals surface area contributed by atoms with Gasteiger partial charge in [0.1, 0.15) is 5.56 Å². The van der Waals surface area contributed by atoms with Gasteiger partial charge in [-0.2, -0.15) is 5.10 Å². The van der Waals surface area contributed by atoms with Gasteiger partial charge in [-0.25, -0.2) is 9.50 Å². The first-order valence-electron chi connectivity index (χ1n) is 13.8. The average Bonchev–Trinajstić information content (AvgIpc) is 3.43. The summed E-state index contributed by atoms with van der Waals surface area (Å²) in [6, 6.07) is 5.53. The summed E-state index contributed by atoms with van der Waals surface area (Å²) < 4.78 is 7.00. The van der Waals surface area contributed by atoms with E-state index in [1.165, 1.54) is 6.20 Å². The Morgan fingerprint density at radius 1 is 1.23 bits per heavy atom. The number of aliphatic hydroxyl groups is 1. The zero-order chi connectivity index (χ0) is 27.3. The molecule has 2 N–H and O–H groups in total. The van der Waals surface area contributed by atoms with Gasteiger partial charge in [-0.3, -0.25) is 9.59 Å². The number of hydrogen-bond donors (Lipinski definition) is 2. The normalized spacial score (nSPS) is 19.3. The number of carbonyl (C=O) groups is 2. The zero-order valence-electron chi connectivity index (χ0n) is 22.8. The molecule has 5 heterocycles. The molecule has 6 rings (SSSR count). The highest BCUT2D eigenvalue weighted by Crippen LogP contribution is 2.39. The SMILES string of the molecule is C[C@H](CC(C)(C)O)N1Cc2cc(NC(=O)c3cnn4cccnc34)c(N3CCC(C4COC4)CC3)cc2C1=O. The largest absolute Gasteiger partial charge is 0.390 e. The van der Waals surface area contributed by atoms with E-state index in [1.807, 2.05) is 24.0 Å². The second-order valence-electron chi connectivity index (χ2n) is 11.8. The van der Waals surface area contributed by atoms with Gasteiger partial charge < -0.3 is 25.0 Å². The summed E-state index contributed by atoms with van der Waals surface area (Å²) in [6.07, 6.45) is 7.51. The average molecular weight is 533 g/mol. The number of benzene rings is 1. The fourth-order valence-electron chi connectivity index (χ4n) is 6.24. The lowest BCUT2D eigenvalue weighted by Crippen LogP contribution is -2.42. The van der Waals surface area contributed by atoms with E-state index in [9.17, 15) is 14.7 Å². The lowest BCUT2D eigenvalue weighted by molar-refractivity contribution is -0.0650. The molecule has 0 unspecified atom stereocenters. The quantitative estimate of drug-likeness (QED) is 0.480. The van der Waals surface area contributed by atoms with Gasteiger partial charge in [-0.1, -0.05) is 0 Å². The van der Waals surface area contributed by atoms with Crippen LogP contribution in [-0.4, -0.2) is 74.4 Å². The summed E-state index contributed by atoms with van der Waals surface area (Å²) in [5, 5.41) is 17.7. The van der Waals surface area contributed by atoms with Gasteiger partial charge in [0.15, 0.2) is 5.65 Å². The van der Waals surface area contributed by atoms with E-state index in [-0.39, 0.29) is 17.9 Å². The summed E-state index contributed by atoms with van der Waals surface area (Å²) in [7, 11) is 0. The Labute approximate surface area is 228 Å². The molecule has 1 atom stereocenters. The van der Waals surface area contributed by atoms with Crippen LogP contribution >= 0.6 is 0 Å². The van der Waals surface area contributed by atoms with Gasteiger partial charge in [-0.05, 0) is 69.7 Å². The highest BCUT2D eigenvalue weighted by Gasteiger charge is 2.36.